The average Bonchev–Trinajstić information content (AvgIpc) is 3.65. The van der Waals surface area contributed by atoms with Crippen LogP contribution in [0.1, 0.15) is 35.5 Å². The lowest BCUT2D eigenvalue weighted by atomic mass is 9.95. The number of anilines is 1. The Morgan fingerprint density at radius 1 is 1.23 bits per heavy atom. The van der Waals surface area contributed by atoms with Gasteiger partial charge in [-0.25, -0.2) is 18.6 Å². The van der Waals surface area contributed by atoms with Gasteiger partial charge in [-0.15, -0.1) is 11.3 Å². The Balaban J connectivity index is 1.36. The second kappa shape index (κ2) is 10.5. The second-order valence-electron chi connectivity index (χ2n) is 11.3. The Morgan fingerprint density at radius 2 is 2.09 bits per heavy atom. The van der Waals surface area contributed by atoms with Crippen LogP contribution in [0.3, 0.4) is 0 Å². The molecule has 0 aliphatic carbocycles. The largest absolute Gasteiger partial charge is 0.508 e. The van der Waals surface area contributed by atoms with Crippen LogP contribution in [-0.2, 0) is 6.54 Å². The van der Waals surface area contributed by atoms with Crippen molar-refractivity contribution in [1.29, 1.82) is 0 Å². The van der Waals surface area contributed by atoms with Crippen LogP contribution in [0.25, 0.3) is 33.0 Å². The smallest absolute Gasteiger partial charge is 0.349 e. The highest BCUT2D eigenvalue weighted by Gasteiger charge is 2.49. The highest BCUT2D eigenvalue weighted by Crippen LogP contribution is 2.41. The van der Waals surface area contributed by atoms with Gasteiger partial charge in [0.2, 0.25) is 0 Å². The predicted molar refractivity (Wildman–Crippen MR) is 160 cm³/mol. The number of aryl methyl sites for hydroxylation is 2. The Bertz CT molecular complexity index is 1950. The molecule has 0 amide bonds. The number of aromatic nitrogens is 3. The van der Waals surface area contributed by atoms with Gasteiger partial charge in [-0.1, -0.05) is 12.1 Å². The van der Waals surface area contributed by atoms with Crippen molar-refractivity contribution < 1.29 is 23.0 Å². The molecule has 222 valence electrons. The number of nitrogens with one attached hydrogen (secondary N) is 1. The number of rotatable bonds is 7. The molecule has 2 aliphatic heterocycles. The quantitative estimate of drug-likeness (QED) is 0.235. The van der Waals surface area contributed by atoms with E-state index in [1.54, 1.807) is 19.1 Å². The summed E-state index contributed by atoms with van der Waals surface area (Å²) in [6.07, 6.45) is 1.26. The first kappa shape index (κ1) is 27.7. The lowest BCUT2D eigenvalue weighted by Crippen LogP contribution is -2.43. The van der Waals surface area contributed by atoms with Crippen molar-refractivity contribution in [3.63, 3.8) is 0 Å². The first-order valence-corrected chi connectivity index (χ1v) is 15.0. The van der Waals surface area contributed by atoms with E-state index in [0.717, 1.165) is 30.1 Å². The van der Waals surface area contributed by atoms with E-state index in [-0.39, 0.29) is 51.8 Å². The van der Waals surface area contributed by atoms with Crippen molar-refractivity contribution in [3.05, 3.63) is 68.2 Å². The van der Waals surface area contributed by atoms with Crippen LogP contribution in [0.4, 0.5) is 14.6 Å². The lowest BCUT2D eigenvalue weighted by molar-refractivity contribution is 0.107. The number of halogens is 2. The number of fused-ring (bicyclic) bond motifs is 3. The average molecular weight is 606 g/mol. The number of thiazole rings is 1. The Kier molecular flexibility index (Phi) is 6.77. The number of hydrogen-bond acceptors (Lipinski definition) is 10. The molecule has 0 unspecified atom stereocenters. The highest BCUT2D eigenvalue weighted by molar-refractivity contribution is 7.09. The zero-order valence-electron chi connectivity index (χ0n) is 23.6. The van der Waals surface area contributed by atoms with Gasteiger partial charge < -0.3 is 19.6 Å². The zero-order chi connectivity index (χ0) is 29.9. The minimum Gasteiger partial charge on any atom is -0.508 e. The predicted octanol–water partition coefficient (Wildman–Crippen LogP) is 5.89. The van der Waals surface area contributed by atoms with E-state index in [2.05, 4.69) is 25.2 Å². The fourth-order valence-electron chi connectivity index (χ4n) is 6.54. The van der Waals surface area contributed by atoms with E-state index >= 15 is 4.39 Å². The molecular formula is C31H29F2N5O4S. The van der Waals surface area contributed by atoms with Gasteiger partial charge in [0.05, 0.1) is 28.3 Å². The summed E-state index contributed by atoms with van der Waals surface area (Å²) >= 11 is 1.51. The topological polar surface area (TPSA) is 114 Å². The van der Waals surface area contributed by atoms with Crippen LogP contribution < -0.4 is 15.7 Å². The molecule has 3 aromatic heterocycles. The molecular weight excluding hydrogens is 576 g/mol. The summed E-state index contributed by atoms with van der Waals surface area (Å²) in [7, 11) is 0. The van der Waals surface area contributed by atoms with Crippen molar-refractivity contribution in [2.75, 3.05) is 25.0 Å². The number of hydrogen-bond donors (Lipinski definition) is 2. The van der Waals surface area contributed by atoms with Gasteiger partial charge in [-0.3, -0.25) is 4.90 Å². The summed E-state index contributed by atoms with van der Waals surface area (Å²) in [5, 5.41) is 17.2. The number of phenolic OH excluding ortho intramolecular Hbond substituents is 1. The summed E-state index contributed by atoms with van der Waals surface area (Å²) in [6.45, 7) is 5.33. The molecule has 0 radical (unpaired) electrons. The lowest BCUT2D eigenvalue weighted by Gasteiger charge is -2.30. The standard InChI is InChI=1S/C31H29F2N5O4S/c1-16-26-25(29(40)42-27(16)22-10-21(39)9-18-5-3-6-23(33)24(18)22)28(34-12-20-14-43-17(2)35-20)37-30(36-26)41-15-31-7-4-8-38(31)13-19(32)11-31/h3,5-6,9-10,14,19,39H,4,7-8,11-13,15H2,1-2H3,(H,34,36,37)/t19-,31+/m1/s1. The molecule has 5 heterocycles. The maximum atomic E-state index is 15.1. The highest BCUT2D eigenvalue weighted by atomic mass is 32.1. The van der Waals surface area contributed by atoms with Crippen LogP contribution in [-0.4, -0.2) is 56.4 Å². The van der Waals surface area contributed by atoms with Gasteiger partial charge in [0.1, 0.15) is 41.3 Å². The third-order valence-corrected chi connectivity index (χ3v) is 9.30. The third-order valence-electron chi connectivity index (χ3n) is 8.47. The normalized spacial score (nSPS) is 20.2. The number of nitrogens with zero attached hydrogens (tertiary/aromatic N) is 4. The maximum absolute atomic E-state index is 15.1. The number of aromatic hydroxyl groups is 1. The van der Waals surface area contributed by atoms with Crippen molar-refractivity contribution in [2.45, 2.75) is 51.4 Å². The number of benzene rings is 2. The maximum Gasteiger partial charge on any atom is 0.349 e. The van der Waals surface area contributed by atoms with Crippen LogP contribution in [0.5, 0.6) is 11.8 Å². The van der Waals surface area contributed by atoms with E-state index in [0.29, 0.717) is 30.5 Å². The summed E-state index contributed by atoms with van der Waals surface area (Å²) in [6, 6.07) is 7.37. The SMILES string of the molecule is Cc1nc(CNc2nc(OC[C@@]34CCCN3C[C@H](F)C4)nc3c(C)c(-c4cc(O)cc5cccc(F)c45)oc(=O)c23)cs1. The number of phenols is 1. The molecule has 2 saturated heterocycles. The molecule has 5 aromatic rings. The van der Waals surface area contributed by atoms with Crippen molar-refractivity contribution in [1.82, 2.24) is 19.9 Å². The minimum absolute atomic E-state index is 0.0274. The van der Waals surface area contributed by atoms with Gasteiger partial charge in [-0.2, -0.15) is 9.97 Å². The monoisotopic (exact) mass is 605 g/mol. The molecule has 43 heavy (non-hydrogen) atoms. The van der Waals surface area contributed by atoms with Crippen LogP contribution in [0.15, 0.2) is 44.9 Å². The summed E-state index contributed by atoms with van der Waals surface area (Å²) in [5.74, 6) is -0.348. The van der Waals surface area contributed by atoms with Gasteiger partial charge >= 0.3 is 11.6 Å². The molecule has 12 heteroatoms. The molecule has 2 fully saturated rings. The molecule has 9 nitrogen and oxygen atoms in total. The van der Waals surface area contributed by atoms with E-state index in [4.69, 9.17) is 9.15 Å². The van der Waals surface area contributed by atoms with E-state index in [9.17, 15) is 14.3 Å². The molecule has 2 aliphatic rings. The zero-order valence-corrected chi connectivity index (χ0v) is 24.4. The molecule has 0 spiro atoms. The van der Waals surface area contributed by atoms with E-state index in [1.807, 2.05) is 12.3 Å². The van der Waals surface area contributed by atoms with Gasteiger partial charge in [-0.05, 0) is 56.8 Å². The first-order valence-electron chi connectivity index (χ1n) is 14.1. The van der Waals surface area contributed by atoms with E-state index < -0.39 is 23.2 Å². The molecule has 0 bridgehead atoms. The summed E-state index contributed by atoms with van der Waals surface area (Å²) < 4.78 is 41.5. The third kappa shape index (κ3) is 4.88. The van der Waals surface area contributed by atoms with Crippen molar-refractivity contribution >= 4 is 38.8 Å². The minimum atomic E-state index is -0.910. The van der Waals surface area contributed by atoms with Crippen LogP contribution in [0, 0.1) is 19.7 Å². The first-order chi connectivity index (χ1) is 20.7. The Labute approximate surface area is 249 Å². The molecule has 0 saturated carbocycles. The molecule has 2 N–H and O–H groups in total. The van der Waals surface area contributed by atoms with Gasteiger partial charge in [0.15, 0.2) is 0 Å². The van der Waals surface area contributed by atoms with Gasteiger partial charge in [0.25, 0.3) is 0 Å². The molecule has 2 aromatic carbocycles. The van der Waals surface area contributed by atoms with Crippen LogP contribution in [0.2, 0.25) is 0 Å². The van der Waals surface area contributed by atoms with Crippen molar-refractivity contribution in [2.24, 2.45) is 0 Å². The summed E-state index contributed by atoms with van der Waals surface area (Å²) in [5.41, 5.74) is 0.544. The van der Waals surface area contributed by atoms with Crippen molar-refractivity contribution in [3.8, 4) is 23.1 Å². The van der Waals surface area contributed by atoms with Gasteiger partial charge in [0, 0.05) is 34.9 Å². The summed E-state index contributed by atoms with van der Waals surface area (Å²) in [4.78, 5) is 29.4. The Morgan fingerprint density at radius 3 is 2.91 bits per heavy atom. The fourth-order valence-corrected chi connectivity index (χ4v) is 7.15. The molecule has 7 rings (SSSR count). The fraction of sp³-hybridized carbons (Fsp3) is 0.355. The van der Waals surface area contributed by atoms with Crippen LogP contribution >= 0.6 is 11.3 Å². The number of alkyl halides is 1. The number of ether oxygens (including phenoxy) is 1. The van der Waals surface area contributed by atoms with E-state index in [1.165, 1.54) is 29.5 Å². The Hall–Kier alpha value is -4.16. The second-order valence-corrected chi connectivity index (χ2v) is 12.4. The molecule has 2 atom stereocenters.